The Morgan fingerprint density at radius 1 is 1.09 bits per heavy atom. The fourth-order valence-electron chi connectivity index (χ4n) is 2.65. The van der Waals surface area contributed by atoms with Gasteiger partial charge in [0.15, 0.2) is 0 Å². The van der Waals surface area contributed by atoms with Crippen molar-refractivity contribution in [2.45, 2.75) is 42.6 Å². The van der Waals surface area contributed by atoms with E-state index in [1.165, 1.54) is 12.8 Å². The van der Waals surface area contributed by atoms with Crippen LogP contribution in [-0.2, 0) is 0 Å². The lowest BCUT2D eigenvalue weighted by Crippen LogP contribution is -2.55. The van der Waals surface area contributed by atoms with Gasteiger partial charge in [0.1, 0.15) is 6.17 Å². The summed E-state index contributed by atoms with van der Waals surface area (Å²) in [6.07, 6.45) is 3.84. The number of carbonyl (C=O) groups is 1. The summed E-state index contributed by atoms with van der Waals surface area (Å²) >= 11 is 18.4. The first kappa shape index (κ1) is 17.9. The van der Waals surface area contributed by atoms with Gasteiger partial charge in [-0.3, -0.25) is 9.69 Å². The molecule has 0 bridgehead atoms. The third-order valence-electron chi connectivity index (χ3n) is 3.90. The van der Waals surface area contributed by atoms with Gasteiger partial charge in [-0.25, -0.2) is 0 Å². The fourth-order valence-corrected chi connectivity index (χ4v) is 3.22. The molecule has 0 aromatic heterocycles. The molecule has 1 saturated heterocycles. The fraction of sp³-hybridized carbons (Fsp3) is 0.562. The SMILES string of the molecule is Cc1ccc(C(=O)N[C@@H](N2CCCCCC2)C(Cl)(Cl)Cl)cc1. The Bertz CT molecular complexity index is 491. The van der Waals surface area contributed by atoms with Crippen molar-refractivity contribution in [3.8, 4) is 0 Å². The van der Waals surface area contributed by atoms with Crippen molar-refractivity contribution in [1.82, 2.24) is 10.2 Å². The number of nitrogens with zero attached hydrogens (tertiary/aromatic N) is 1. The second kappa shape index (κ2) is 7.87. The van der Waals surface area contributed by atoms with Crippen molar-refractivity contribution in [2.75, 3.05) is 13.1 Å². The molecule has 0 aliphatic carbocycles. The lowest BCUT2D eigenvalue weighted by molar-refractivity contribution is 0.0853. The quantitative estimate of drug-likeness (QED) is 0.812. The zero-order chi connectivity index (χ0) is 16.2. The van der Waals surface area contributed by atoms with E-state index in [1.54, 1.807) is 12.1 Å². The molecular weight excluding hydrogens is 343 g/mol. The molecule has 22 heavy (non-hydrogen) atoms. The van der Waals surface area contributed by atoms with Crippen LogP contribution in [0.15, 0.2) is 24.3 Å². The van der Waals surface area contributed by atoms with Gasteiger partial charge in [-0.2, -0.15) is 0 Å². The molecular formula is C16H21Cl3N2O. The van der Waals surface area contributed by atoms with E-state index in [0.29, 0.717) is 5.56 Å². The third kappa shape index (κ3) is 5.02. The standard InChI is InChI=1S/C16H21Cl3N2O/c1-12-6-8-13(9-7-12)14(22)20-15(16(17,18)19)21-10-4-2-3-5-11-21/h6-9,15H,2-5,10-11H2,1H3,(H,20,22)/t15-/m0/s1. The minimum atomic E-state index is -1.56. The van der Waals surface area contributed by atoms with Crippen LogP contribution in [-0.4, -0.2) is 33.9 Å². The Balaban J connectivity index is 2.12. The molecule has 0 saturated carbocycles. The van der Waals surface area contributed by atoms with Crippen molar-refractivity contribution in [3.63, 3.8) is 0 Å². The molecule has 0 unspecified atom stereocenters. The molecule has 122 valence electrons. The monoisotopic (exact) mass is 362 g/mol. The highest BCUT2D eigenvalue weighted by molar-refractivity contribution is 6.68. The number of nitrogens with one attached hydrogen (secondary N) is 1. The highest BCUT2D eigenvalue weighted by Gasteiger charge is 2.38. The minimum Gasteiger partial charge on any atom is -0.332 e. The summed E-state index contributed by atoms with van der Waals surface area (Å²) in [5, 5.41) is 2.88. The molecule has 3 nitrogen and oxygen atoms in total. The largest absolute Gasteiger partial charge is 0.332 e. The summed E-state index contributed by atoms with van der Waals surface area (Å²) in [7, 11) is 0. The van der Waals surface area contributed by atoms with Gasteiger partial charge in [0.25, 0.3) is 5.91 Å². The number of halogens is 3. The van der Waals surface area contributed by atoms with Crippen molar-refractivity contribution >= 4 is 40.7 Å². The van der Waals surface area contributed by atoms with Crippen LogP contribution < -0.4 is 5.32 Å². The topological polar surface area (TPSA) is 32.3 Å². The molecule has 1 aromatic carbocycles. The van der Waals surface area contributed by atoms with Gasteiger partial charge in [-0.1, -0.05) is 65.3 Å². The molecule has 1 aromatic rings. The van der Waals surface area contributed by atoms with Gasteiger partial charge in [0.05, 0.1) is 0 Å². The third-order valence-corrected chi connectivity index (χ3v) is 4.52. The average Bonchev–Trinajstić information content (AvgIpc) is 2.73. The van der Waals surface area contributed by atoms with E-state index in [9.17, 15) is 4.79 Å². The van der Waals surface area contributed by atoms with Crippen LogP contribution >= 0.6 is 34.8 Å². The first-order chi connectivity index (χ1) is 10.4. The van der Waals surface area contributed by atoms with Crippen LogP contribution in [0.1, 0.15) is 41.6 Å². The average molecular weight is 364 g/mol. The van der Waals surface area contributed by atoms with Crippen molar-refractivity contribution < 1.29 is 4.79 Å². The highest BCUT2D eigenvalue weighted by atomic mass is 35.6. The zero-order valence-corrected chi connectivity index (χ0v) is 14.9. The van der Waals surface area contributed by atoms with E-state index in [-0.39, 0.29) is 5.91 Å². The van der Waals surface area contributed by atoms with Gasteiger partial charge in [-0.15, -0.1) is 0 Å². The van der Waals surface area contributed by atoms with Crippen LogP contribution in [0.2, 0.25) is 0 Å². The summed E-state index contributed by atoms with van der Waals surface area (Å²) in [5.41, 5.74) is 1.67. The lowest BCUT2D eigenvalue weighted by atomic mass is 10.1. The normalized spacial score (nSPS) is 18.5. The predicted molar refractivity (Wildman–Crippen MR) is 92.8 cm³/mol. The first-order valence-electron chi connectivity index (χ1n) is 7.56. The van der Waals surface area contributed by atoms with E-state index in [1.807, 2.05) is 19.1 Å². The van der Waals surface area contributed by atoms with Crippen LogP contribution in [0.5, 0.6) is 0 Å². The number of alkyl halides is 3. The van der Waals surface area contributed by atoms with E-state index >= 15 is 0 Å². The lowest BCUT2D eigenvalue weighted by Gasteiger charge is -2.35. The number of hydrogen-bond donors (Lipinski definition) is 1. The number of likely N-dealkylation sites (tertiary alicyclic amines) is 1. The maximum atomic E-state index is 12.4. The summed E-state index contributed by atoms with van der Waals surface area (Å²) in [5.74, 6) is -0.222. The first-order valence-corrected chi connectivity index (χ1v) is 8.69. The molecule has 2 rings (SSSR count). The number of benzene rings is 1. The molecule has 1 atom stereocenters. The zero-order valence-electron chi connectivity index (χ0n) is 12.6. The number of carbonyl (C=O) groups excluding carboxylic acids is 1. The Labute approximate surface area is 146 Å². The van der Waals surface area contributed by atoms with Crippen molar-refractivity contribution in [1.29, 1.82) is 0 Å². The second-order valence-corrected chi connectivity index (χ2v) is 8.10. The Hall–Kier alpha value is -0.480. The van der Waals surface area contributed by atoms with Crippen LogP contribution in [0, 0.1) is 6.92 Å². The molecule has 6 heteroatoms. The maximum Gasteiger partial charge on any atom is 0.252 e. The Morgan fingerprint density at radius 2 is 1.64 bits per heavy atom. The molecule has 1 fully saturated rings. The molecule has 0 spiro atoms. The second-order valence-electron chi connectivity index (χ2n) is 5.73. The molecule has 0 radical (unpaired) electrons. The summed E-state index contributed by atoms with van der Waals surface area (Å²) < 4.78 is -1.56. The summed E-state index contributed by atoms with van der Waals surface area (Å²) in [6, 6.07) is 7.35. The van der Waals surface area contributed by atoms with Gasteiger partial charge in [0.2, 0.25) is 3.79 Å². The van der Waals surface area contributed by atoms with Gasteiger partial charge in [-0.05, 0) is 31.9 Å². The van der Waals surface area contributed by atoms with E-state index in [2.05, 4.69) is 10.2 Å². The number of hydrogen-bond acceptors (Lipinski definition) is 2. The highest BCUT2D eigenvalue weighted by Crippen LogP contribution is 2.33. The van der Waals surface area contributed by atoms with E-state index in [0.717, 1.165) is 31.5 Å². The smallest absolute Gasteiger partial charge is 0.252 e. The molecule has 1 heterocycles. The Morgan fingerprint density at radius 3 is 2.14 bits per heavy atom. The molecule has 1 aliphatic rings. The maximum absolute atomic E-state index is 12.4. The number of aryl methyl sites for hydroxylation is 1. The molecule has 1 aliphatic heterocycles. The van der Waals surface area contributed by atoms with E-state index in [4.69, 9.17) is 34.8 Å². The summed E-state index contributed by atoms with van der Waals surface area (Å²) in [6.45, 7) is 3.63. The predicted octanol–water partition coefficient (Wildman–Crippen LogP) is 4.30. The number of amides is 1. The van der Waals surface area contributed by atoms with Crippen LogP contribution in [0.25, 0.3) is 0 Å². The number of rotatable bonds is 3. The Kier molecular flexibility index (Phi) is 6.39. The van der Waals surface area contributed by atoms with Crippen molar-refractivity contribution in [3.05, 3.63) is 35.4 Å². The van der Waals surface area contributed by atoms with Crippen LogP contribution in [0.3, 0.4) is 0 Å². The van der Waals surface area contributed by atoms with Crippen molar-refractivity contribution in [2.24, 2.45) is 0 Å². The van der Waals surface area contributed by atoms with Gasteiger partial charge < -0.3 is 5.32 Å². The van der Waals surface area contributed by atoms with E-state index < -0.39 is 9.96 Å². The van der Waals surface area contributed by atoms with Crippen LogP contribution in [0.4, 0.5) is 0 Å². The van der Waals surface area contributed by atoms with Gasteiger partial charge in [0, 0.05) is 18.7 Å². The summed E-state index contributed by atoms with van der Waals surface area (Å²) in [4.78, 5) is 14.5. The molecule has 1 amide bonds. The minimum absolute atomic E-state index is 0.222. The van der Waals surface area contributed by atoms with Gasteiger partial charge >= 0.3 is 0 Å². The molecule has 1 N–H and O–H groups in total.